The van der Waals surface area contributed by atoms with Gasteiger partial charge in [0.05, 0.1) is 6.54 Å². The van der Waals surface area contributed by atoms with Crippen molar-refractivity contribution in [3.05, 3.63) is 24.3 Å². The van der Waals surface area contributed by atoms with Crippen LogP contribution in [0.5, 0.6) is 6.08 Å². The summed E-state index contributed by atoms with van der Waals surface area (Å²) in [6.07, 6.45) is 0.548. The number of para-hydroxylation sites is 2. The molecule has 2 heterocycles. The van der Waals surface area contributed by atoms with Gasteiger partial charge in [0.1, 0.15) is 17.2 Å². The van der Waals surface area contributed by atoms with Gasteiger partial charge in [-0.25, -0.2) is 4.79 Å². The first kappa shape index (κ1) is 14.7. The van der Waals surface area contributed by atoms with E-state index in [9.17, 15) is 4.79 Å². The number of rotatable bonds is 2. The van der Waals surface area contributed by atoms with Gasteiger partial charge in [0, 0.05) is 13.0 Å². The minimum atomic E-state index is -0.490. The number of amides is 1. The average molecular weight is 304 g/mol. The Morgan fingerprint density at radius 3 is 2.86 bits per heavy atom. The van der Waals surface area contributed by atoms with E-state index in [0.29, 0.717) is 18.7 Å². The predicted octanol–water partition coefficient (Wildman–Crippen LogP) is 3.22. The van der Waals surface area contributed by atoms with Gasteiger partial charge in [0.15, 0.2) is 5.58 Å². The van der Waals surface area contributed by atoms with Crippen LogP contribution in [0.15, 0.2) is 28.7 Å². The van der Waals surface area contributed by atoms with E-state index < -0.39 is 5.60 Å². The van der Waals surface area contributed by atoms with Crippen molar-refractivity contribution in [2.45, 2.75) is 38.9 Å². The second-order valence-electron chi connectivity index (χ2n) is 6.40. The number of aromatic nitrogens is 1. The van der Waals surface area contributed by atoms with Crippen LogP contribution < -0.4 is 4.74 Å². The molecule has 1 fully saturated rings. The van der Waals surface area contributed by atoms with Gasteiger partial charge in [-0.3, -0.25) is 0 Å². The Hall–Kier alpha value is -2.24. The highest BCUT2D eigenvalue weighted by Crippen LogP contribution is 2.23. The zero-order chi connectivity index (χ0) is 15.7. The third kappa shape index (κ3) is 3.32. The molecule has 1 saturated heterocycles. The van der Waals surface area contributed by atoms with Gasteiger partial charge < -0.3 is 18.8 Å². The number of nitrogens with zero attached hydrogens (tertiary/aromatic N) is 2. The van der Waals surface area contributed by atoms with E-state index >= 15 is 0 Å². The van der Waals surface area contributed by atoms with Crippen LogP contribution in [-0.2, 0) is 4.74 Å². The largest absolute Gasteiger partial charge is 0.445 e. The molecule has 6 nitrogen and oxygen atoms in total. The van der Waals surface area contributed by atoms with Gasteiger partial charge in [-0.05, 0) is 32.9 Å². The average Bonchev–Trinajstić information content (AvgIpc) is 3.02. The maximum absolute atomic E-state index is 12.0. The molecule has 0 N–H and O–H groups in total. The molecule has 1 amide bonds. The summed E-state index contributed by atoms with van der Waals surface area (Å²) < 4.78 is 16.6. The predicted molar refractivity (Wildman–Crippen MR) is 80.8 cm³/mol. The third-order valence-corrected chi connectivity index (χ3v) is 3.34. The molecular weight excluding hydrogens is 284 g/mol. The lowest BCUT2D eigenvalue weighted by molar-refractivity contribution is 0.0269. The molecule has 0 radical (unpaired) electrons. The van der Waals surface area contributed by atoms with Crippen molar-refractivity contribution in [2.24, 2.45) is 0 Å². The van der Waals surface area contributed by atoms with E-state index in [4.69, 9.17) is 13.9 Å². The number of hydrogen-bond acceptors (Lipinski definition) is 5. The summed E-state index contributed by atoms with van der Waals surface area (Å²) in [5.41, 5.74) is 0.968. The van der Waals surface area contributed by atoms with Gasteiger partial charge >= 0.3 is 12.2 Å². The van der Waals surface area contributed by atoms with Crippen LogP contribution in [0.2, 0.25) is 0 Å². The fourth-order valence-corrected chi connectivity index (χ4v) is 2.36. The summed E-state index contributed by atoms with van der Waals surface area (Å²) in [7, 11) is 0. The fraction of sp³-hybridized carbons (Fsp3) is 0.500. The van der Waals surface area contributed by atoms with Crippen molar-refractivity contribution in [3.8, 4) is 6.08 Å². The summed E-state index contributed by atoms with van der Waals surface area (Å²) in [6.45, 7) is 6.65. The molecule has 0 spiro atoms. The highest BCUT2D eigenvalue weighted by Gasteiger charge is 2.31. The molecule has 0 saturated carbocycles. The van der Waals surface area contributed by atoms with Crippen molar-refractivity contribution < 1.29 is 18.7 Å². The number of benzene rings is 1. The van der Waals surface area contributed by atoms with Crippen LogP contribution in [0.25, 0.3) is 11.1 Å². The zero-order valence-electron chi connectivity index (χ0n) is 13.0. The minimum Gasteiger partial charge on any atom is -0.445 e. The molecule has 2 aromatic rings. The Morgan fingerprint density at radius 1 is 1.36 bits per heavy atom. The first-order valence-electron chi connectivity index (χ1n) is 7.41. The van der Waals surface area contributed by atoms with Crippen molar-refractivity contribution in [1.29, 1.82) is 0 Å². The molecule has 1 aromatic carbocycles. The molecule has 1 aliphatic heterocycles. The standard InChI is InChI=1S/C16H20N2O4/c1-16(2,3)22-15(19)18-9-8-11(10-18)20-14-17-12-6-4-5-7-13(12)21-14/h4-7,11H,8-10H2,1-3H3/t11-/m1/s1. The second kappa shape index (κ2) is 5.51. The van der Waals surface area contributed by atoms with Gasteiger partial charge in [0.2, 0.25) is 0 Å². The van der Waals surface area contributed by atoms with Gasteiger partial charge in [-0.1, -0.05) is 12.1 Å². The maximum Gasteiger partial charge on any atom is 0.410 e. The second-order valence-corrected chi connectivity index (χ2v) is 6.40. The Bertz CT molecular complexity index is 641. The van der Waals surface area contributed by atoms with E-state index in [-0.39, 0.29) is 18.3 Å². The quantitative estimate of drug-likeness (QED) is 0.852. The van der Waals surface area contributed by atoms with Crippen LogP contribution in [-0.4, -0.2) is 40.8 Å². The molecule has 3 rings (SSSR count). The summed E-state index contributed by atoms with van der Waals surface area (Å²) >= 11 is 0. The van der Waals surface area contributed by atoms with E-state index in [1.165, 1.54) is 0 Å². The van der Waals surface area contributed by atoms with E-state index in [2.05, 4.69) is 4.98 Å². The van der Waals surface area contributed by atoms with Crippen molar-refractivity contribution in [2.75, 3.05) is 13.1 Å². The number of ether oxygens (including phenoxy) is 2. The van der Waals surface area contributed by atoms with E-state index in [0.717, 1.165) is 11.9 Å². The molecule has 22 heavy (non-hydrogen) atoms. The molecule has 0 unspecified atom stereocenters. The van der Waals surface area contributed by atoms with Crippen molar-refractivity contribution in [1.82, 2.24) is 9.88 Å². The summed E-state index contributed by atoms with van der Waals surface area (Å²) in [6, 6.07) is 7.50. The highest BCUT2D eigenvalue weighted by atomic mass is 16.6. The first-order chi connectivity index (χ1) is 10.4. The van der Waals surface area contributed by atoms with E-state index in [1.54, 1.807) is 4.90 Å². The SMILES string of the molecule is CC(C)(C)OC(=O)N1CC[C@@H](Oc2nc3ccccc3o2)C1. The highest BCUT2D eigenvalue weighted by molar-refractivity contribution is 5.72. The summed E-state index contributed by atoms with van der Waals surface area (Å²) in [4.78, 5) is 17.9. The van der Waals surface area contributed by atoms with Crippen LogP contribution in [0, 0.1) is 0 Å². The van der Waals surface area contributed by atoms with Gasteiger partial charge in [-0.15, -0.1) is 0 Å². The molecular formula is C16H20N2O4. The van der Waals surface area contributed by atoms with Crippen LogP contribution in [0.4, 0.5) is 4.79 Å². The molecule has 1 aromatic heterocycles. The smallest absolute Gasteiger partial charge is 0.410 e. The minimum absolute atomic E-state index is 0.124. The lowest BCUT2D eigenvalue weighted by atomic mass is 10.2. The fourth-order valence-electron chi connectivity index (χ4n) is 2.36. The molecule has 0 bridgehead atoms. The molecule has 1 atom stereocenters. The summed E-state index contributed by atoms with van der Waals surface area (Å²) in [5.74, 6) is 0. The van der Waals surface area contributed by atoms with Crippen molar-refractivity contribution in [3.63, 3.8) is 0 Å². The van der Waals surface area contributed by atoms with Crippen LogP contribution >= 0.6 is 0 Å². The number of carbonyl (C=O) groups excluding carboxylic acids is 1. The molecule has 1 aliphatic rings. The van der Waals surface area contributed by atoms with E-state index in [1.807, 2.05) is 45.0 Å². The first-order valence-corrected chi connectivity index (χ1v) is 7.41. The normalized spacial score (nSPS) is 18.7. The Morgan fingerprint density at radius 2 is 2.14 bits per heavy atom. The number of likely N-dealkylation sites (tertiary alicyclic amines) is 1. The van der Waals surface area contributed by atoms with Crippen LogP contribution in [0.1, 0.15) is 27.2 Å². The molecule has 6 heteroatoms. The third-order valence-electron chi connectivity index (χ3n) is 3.34. The molecule has 0 aliphatic carbocycles. The molecule has 118 valence electrons. The van der Waals surface area contributed by atoms with Gasteiger partial charge in [0.25, 0.3) is 0 Å². The number of oxazole rings is 1. The number of carbonyl (C=O) groups is 1. The zero-order valence-corrected chi connectivity index (χ0v) is 13.0. The number of fused-ring (bicyclic) bond motifs is 1. The maximum atomic E-state index is 12.0. The Balaban J connectivity index is 1.60. The lowest BCUT2D eigenvalue weighted by Gasteiger charge is -2.24. The Labute approximate surface area is 129 Å². The number of hydrogen-bond donors (Lipinski definition) is 0. The Kier molecular flexibility index (Phi) is 3.68. The van der Waals surface area contributed by atoms with Gasteiger partial charge in [-0.2, -0.15) is 4.98 Å². The van der Waals surface area contributed by atoms with Crippen LogP contribution in [0.3, 0.4) is 0 Å². The lowest BCUT2D eigenvalue weighted by Crippen LogP contribution is -2.36. The summed E-state index contributed by atoms with van der Waals surface area (Å²) in [5, 5.41) is 0. The monoisotopic (exact) mass is 304 g/mol. The van der Waals surface area contributed by atoms with Crippen molar-refractivity contribution >= 4 is 17.2 Å². The topological polar surface area (TPSA) is 64.8 Å².